The Hall–Kier alpha value is -1.75. The number of likely N-dealkylation sites (tertiary alicyclic amines) is 1. The van der Waals surface area contributed by atoms with E-state index in [4.69, 9.17) is 14.2 Å². The summed E-state index contributed by atoms with van der Waals surface area (Å²) in [6.45, 7) is 4.42. The molecule has 0 radical (unpaired) electrons. The fraction of sp³-hybridized carbons (Fsp3) is 0.562. The lowest BCUT2D eigenvalue weighted by molar-refractivity contribution is -0.148. The van der Waals surface area contributed by atoms with Crippen molar-refractivity contribution in [2.75, 3.05) is 33.4 Å². The van der Waals surface area contributed by atoms with Gasteiger partial charge in [-0.15, -0.1) is 0 Å². The van der Waals surface area contributed by atoms with Gasteiger partial charge in [-0.25, -0.2) is 0 Å². The molecule has 1 aliphatic heterocycles. The fourth-order valence-corrected chi connectivity index (χ4v) is 2.61. The van der Waals surface area contributed by atoms with E-state index in [9.17, 15) is 4.79 Å². The molecule has 116 valence electrons. The predicted octanol–water partition coefficient (Wildman–Crippen LogP) is 2.10. The zero-order valence-corrected chi connectivity index (χ0v) is 12.7. The first-order valence-corrected chi connectivity index (χ1v) is 7.42. The lowest BCUT2D eigenvalue weighted by Crippen LogP contribution is -2.39. The highest BCUT2D eigenvalue weighted by atomic mass is 16.5. The quantitative estimate of drug-likeness (QED) is 0.721. The van der Waals surface area contributed by atoms with Gasteiger partial charge >= 0.3 is 5.97 Å². The van der Waals surface area contributed by atoms with Crippen molar-refractivity contribution < 1.29 is 19.0 Å². The maximum atomic E-state index is 11.9. The van der Waals surface area contributed by atoms with Crippen LogP contribution in [0.15, 0.2) is 24.3 Å². The lowest BCUT2D eigenvalue weighted by Gasteiger charge is -2.22. The Kier molecular flexibility index (Phi) is 5.87. The molecule has 5 heteroatoms. The number of benzene rings is 1. The van der Waals surface area contributed by atoms with Crippen LogP contribution in [-0.2, 0) is 9.53 Å². The second-order valence-electron chi connectivity index (χ2n) is 4.95. The smallest absolute Gasteiger partial charge is 0.323 e. The molecular weight excluding hydrogens is 270 g/mol. The van der Waals surface area contributed by atoms with Crippen molar-refractivity contribution in [2.24, 2.45) is 0 Å². The third kappa shape index (κ3) is 4.11. The van der Waals surface area contributed by atoms with E-state index >= 15 is 0 Å². The number of hydrogen-bond donors (Lipinski definition) is 0. The molecule has 0 amide bonds. The molecule has 1 aromatic rings. The third-order valence-electron chi connectivity index (χ3n) is 3.63. The monoisotopic (exact) mass is 293 g/mol. The molecule has 0 N–H and O–H groups in total. The number of ether oxygens (including phenoxy) is 3. The number of carbonyl (C=O) groups excluding carboxylic acids is 1. The van der Waals surface area contributed by atoms with E-state index in [1.807, 2.05) is 31.2 Å². The van der Waals surface area contributed by atoms with E-state index < -0.39 is 0 Å². The Balaban J connectivity index is 1.83. The van der Waals surface area contributed by atoms with Gasteiger partial charge in [-0.3, -0.25) is 9.69 Å². The number of nitrogens with zero attached hydrogens (tertiary/aromatic N) is 1. The van der Waals surface area contributed by atoms with Gasteiger partial charge in [0.05, 0.1) is 13.7 Å². The Bertz CT molecular complexity index is 463. The van der Waals surface area contributed by atoms with Crippen LogP contribution in [0.1, 0.15) is 19.8 Å². The zero-order chi connectivity index (χ0) is 15.1. The van der Waals surface area contributed by atoms with Crippen LogP contribution in [0.3, 0.4) is 0 Å². The molecule has 0 aliphatic carbocycles. The molecule has 1 aromatic carbocycles. The van der Waals surface area contributed by atoms with E-state index in [1.54, 1.807) is 7.11 Å². The van der Waals surface area contributed by atoms with E-state index in [0.29, 0.717) is 19.8 Å². The minimum atomic E-state index is -0.119. The highest BCUT2D eigenvalue weighted by Gasteiger charge is 2.31. The van der Waals surface area contributed by atoms with Crippen molar-refractivity contribution in [3.8, 4) is 11.5 Å². The molecule has 5 nitrogen and oxygen atoms in total. The minimum absolute atomic E-state index is 0.118. The van der Waals surface area contributed by atoms with E-state index in [-0.39, 0.29) is 12.0 Å². The van der Waals surface area contributed by atoms with Crippen molar-refractivity contribution in [1.82, 2.24) is 4.90 Å². The molecule has 21 heavy (non-hydrogen) atoms. The first-order chi connectivity index (χ1) is 10.3. The summed E-state index contributed by atoms with van der Waals surface area (Å²) in [4.78, 5) is 14.0. The summed E-state index contributed by atoms with van der Waals surface area (Å²) >= 11 is 0. The number of carbonyl (C=O) groups is 1. The van der Waals surface area contributed by atoms with Crippen molar-refractivity contribution >= 4 is 5.97 Å². The molecule has 0 spiro atoms. The standard InChI is InChI=1S/C16H23NO4/c1-3-20-16(18)13-7-6-10-17(13)11-12-21-15-9-5-4-8-14(15)19-2/h4-5,8-9,13H,3,6-7,10-12H2,1-2H3. The lowest BCUT2D eigenvalue weighted by atomic mass is 10.2. The van der Waals surface area contributed by atoms with Crippen LogP contribution in [0.25, 0.3) is 0 Å². The summed E-state index contributed by atoms with van der Waals surface area (Å²) in [5, 5.41) is 0. The van der Waals surface area contributed by atoms with Gasteiger partial charge in [0.1, 0.15) is 12.6 Å². The van der Waals surface area contributed by atoms with Gasteiger partial charge in [-0.05, 0) is 38.4 Å². The molecule has 0 saturated carbocycles. The van der Waals surface area contributed by atoms with Crippen LogP contribution >= 0.6 is 0 Å². The number of esters is 1. The topological polar surface area (TPSA) is 48.0 Å². The summed E-state index contributed by atoms with van der Waals surface area (Å²) in [6.07, 6.45) is 1.89. The second-order valence-corrected chi connectivity index (χ2v) is 4.95. The molecule has 1 fully saturated rings. The van der Waals surface area contributed by atoms with Crippen LogP contribution in [0.4, 0.5) is 0 Å². The summed E-state index contributed by atoms with van der Waals surface area (Å²) in [7, 11) is 1.62. The first kappa shape index (κ1) is 15.6. The summed E-state index contributed by atoms with van der Waals surface area (Å²) in [6, 6.07) is 7.45. The summed E-state index contributed by atoms with van der Waals surface area (Å²) in [5.74, 6) is 1.33. The second kappa shape index (κ2) is 7.88. The van der Waals surface area contributed by atoms with Crippen molar-refractivity contribution in [2.45, 2.75) is 25.8 Å². The van der Waals surface area contributed by atoms with Crippen LogP contribution in [0.5, 0.6) is 11.5 Å². The molecule has 0 aromatic heterocycles. The van der Waals surface area contributed by atoms with Gasteiger partial charge in [-0.2, -0.15) is 0 Å². The molecule has 1 unspecified atom stereocenters. The Morgan fingerprint density at radius 2 is 2.10 bits per heavy atom. The van der Waals surface area contributed by atoms with Gasteiger partial charge in [-0.1, -0.05) is 12.1 Å². The predicted molar refractivity (Wildman–Crippen MR) is 79.7 cm³/mol. The van der Waals surface area contributed by atoms with Crippen molar-refractivity contribution in [3.63, 3.8) is 0 Å². The number of methoxy groups -OCH3 is 1. The van der Waals surface area contributed by atoms with E-state index in [0.717, 1.165) is 30.9 Å². The first-order valence-electron chi connectivity index (χ1n) is 7.42. The largest absolute Gasteiger partial charge is 0.493 e. The van der Waals surface area contributed by atoms with Gasteiger partial charge in [0.2, 0.25) is 0 Å². The maximum absolute atomic E-state index is 11.9. The van der Waals surface area contributed by atoms with Crippen LogP contribution < -0.4 is 9.47 Å². The third-order valence-corrected chi connectivity index (χ3v) is 3.63. The minimum Gasteiger partial charge on any atom is -0.493 e. The average Bonchev–Trinajstić information content (AvgIpc) is 2.96. The molecule has 1 atom stereocenters. The number of para-hydroxylation sites is 2. The molecular formula is C16H23NO4. The highest BCUT2D eigenvalue weighted by Crippen LogP contribution is 2.26. The molecule has 2 rings (SSSR count). The maximum Gasteiger partial charge on any atom is 0.323 e. The molecule has 1 heterocycles. The fourth-order valence-electron chi connectivity index (χ4n) is 2.61. The average molecular weight is 293 g/mol. The van der Waals surface area contributed by atoms with Gasteiger partial charge in [0, 0.05) is 6.54 Å². The molecule has 1 aliphatic rings. The van der Waals surface area contributed by atoms with Crippen molar-refractivity contribution in [1.29, 1.82) is 0 Å². The van der Waals surface area contributed by atoms with E-state index in [1.165, 1.54) is 0 Å². The van der Waals surface area contributed by atoms with Crippen LogP contribution in [0.2, 0.25) is 0 Å². The van der Waals surface area contributed by atoms with Gasteiger partial charge in [0.15, 0.2) is 11.5 Å². The Morgan fingerprint density at radius 3 is 2.81 bits per heavy atom. The summed E-state index contributed by atoms with van der Waals surface area (Å²) in [5.41, 5.74) is 0. The Labute approximate surface area is 125 Å². The SMILES string of the molecule is CCOC(=O)C1CCCN1CCOc1ccccc1OC. The van der Waals surface area contributed by atoms with E-state index in [2.05, 4.69) is 4.90 Å². The molecule has 1 saturated heterocycles. The Morgan fingerprint density at radius 1 is 1.33 bits per heavy atom. The molecule has 0 bridgehead atoms. The summed E-state index contributed by atoms with van der Waals surface area (Å²) < 4.78 is 16.1. The van der Waals surface area contributed by atoms with Crippen LogP contribution in [-0.4, -0.2) is 50.3 Å². The van der Waals surface area contributed by atoms with Gasteiger partial charge in [0.25, 0.3) is 0 Å². The van der Waals surface area contributed by atoms with Crippen LogP contribution in [0, 0.1) is 0 Å². The highest BCUT2D eigenvalue weighted by molar-refractivity contribution is 5.76. The van der Waals surface area contributed by atoms with Gasteiger partial charge < -0.3 is 14.2 Å². The number of rotatable bonds is 7. The number of hydrogen-bond acceptors (Lipinski definition) is 5. The van der Waals surface area contributed by atoms with Crippen molar-refractivity contribution in [3.05, 3.63) is 24.3 Å². The normalized spacial score (nSPS) is 18.5. The zero-order valence-electron chi connectivity index (χ0n) is 12.7.